The molecule has 22 heavy (non-hydrogen) atoms. The van der Waals surface area contributed by atoms with Crippen LogP contribution < -0.4 is 0 Å². The molecule has 0 aliphatic heterocycles. The third-order valence-electron chi connectivity index (χ3n) is 3.74. The Morgan fingerprint density at radius 3 is 2.45 bits per heavy atom. The molecule has 5 heteroatoms. The Kier molecular flexibility index (Phi) is 3.90. The van der Waals surface area contributed by atoms with E-state index in [0.29, 0.717) is 6.42 Å². The first kappa shape index (κ1) is 14.7. The number of rotatable bonds is 4. The Morgan fingerprint density at radius 1 is 1.09 bits per heavy atom. The zero-order valence-electron chi connectivity index (χ0n) is 12.1. The van der Waals surface area contributed by atoms with Crippen molar-refractivity contribution < 1.29 is 13.9 Å². The highest BCUT2D eigenvalue weighted by Gasteiger charge is 2.20. The van der Waals surface area contributed by atoms with Crippen LogP contribution in [0.1, 0.15) is 24.4 Å². The Hall–Kier alpha value is -2.27. The van der Waals surface area contributed by atoms with Crippen molar-refractivity contribution >= 4 is 11.0 Å². The van der Waals surface area contributed by atoms with Crippen LogP contribution in [0.2, 0.25) is 0 Å². The molecule has 0 aliphatic carbocycles. The Balaban J connectivity index is 2.02. The van der Waals surface area contributed by atoms with E-state index in [-0.39, 0.29) is 12.1 Å². The molecule has 3 rings (SSSR count). The van der Waals surface area contributed by atoms with E-state index < -0.39 is 17.7 Å². The summed E-state index contributed by atoms with van der Waals surface area (Å²) in [6.45, 7) is 2.01. The highest BCUT2D eigenvalue weighted by atomic mass is 19.1. The van der Waals surface area contributed by atoms with Crippen LogP contribution in [-0.4, -0.2) is 14.7 Å². The van der Waals surface area contributed by atoms with Gasteiger partial charge < -0.3 is 9.67 Å². The second kappa shape index (κ2) is 5.85. The molecule has 1 N–H and O–H groups in total. The standard InChI is InChI=1S/C17H16F2N2O/c1-2-16-20-13-8-3-4-9-14(13)21(16)10-15(22)17-11(18)6-5-7-12(17)19/h3-9,15,22H,2,10H2,1H3. The number of nitrogens with zero attached hydrogens (tertiary/aromatic N) is 2. The van der Waals surface area contributed by atoms with Gasteiger partial charge in [0.05, 0.1) is 23.1 Å². The van der Waals surface area contributed by atoms with Crippen molar-refractivity contribution in [3.63, 3.8) is 0 Å². The zero-order valence-corrected chi connectivity index (χ0v) is 12.1. The molecule has 0 saturated heterocycles. The van der Waals surface area contributed by atoms with Gasteiger partial charge in [0.25, 0.3) is 0 Å². The van der Waals surface area contributed by atoms with Gasteiger partial charge in [0.15, 0.2) is 0 Å². The Bertz CT molecular complexity index is 793. The van der Waals surface area contributed by atoms with Crippen molar-refractivity contribution in [2.75, 3.05) is 0 Å². The predicted molar refractivity (Wildman–Crippen MR) is 80.4 cm³/mol. The predicted octanol–water partition coefficient (Wildman–Crippen LogP) is 3.61. The van der Waals surface area contributed by atoms with E-state index in [0.717, 1.165) is 29.0 Å². The largest absolute Gasteiger partial charge is 0.386 e. The summed E-state index contributed by atoms with van der Waals surface area (Å²) in [7, 11) is 0. The van der Waals surface area contributed by atoms with Crippen molar-refractivity contribution in [3.8, 4) is 0 Å². The Labute approximate surface area is 126 Å². The van der Waals surface area contributed by atoms with Crippen LogP contribution in [0.3, 0.4) is 0 Å². The highest BCUT2D eigenvalue weighted by Crippen LogP contribution is 2.25. The molecule has 0 bridgehead atoms. The van der Waals surface area contributed by atoms with E-state index in [1.165, 1.54) is 6.07 Å². The topological polar surface area (TPSA) is 38.0 Å². The van der Waals surface area contributed by atoms with Crippen molar-refractivity contribution in [1.29, 1.82) is 0 Å². The molecule has 1 aromatic heterocycles. The number of imidazole rings is 1. The van der Waals surface area contributed by atoms with E-state index >= 15 is 0 Å². The van der Waals surface area contributed by atoms with Gasteiger partial charge in [-0.3, -0.25) is 0 Å². The van der Waals surface area contributed by atoms with Gasteiger partial charge in [-0.2, -0.15) is 0 Å². The van der Waals surface area contributed by atoms with E-state index in [1.54, 1.807) is 0 Å². The van der Waals surface area contributed by atoms with E-state index in [9.17, 15) is 13.9 Å². The van der Waals surface area contributed by atoms with Crippen molar-refractivity contribution in [2.45, 2.75) is 26.0 Å². The van der Waals surface area contributed by atoms with Gasteiger partial charge in [0.1, 0.15) is 23.6 Å². The molecule has 114 valence electrons. The zero-order chi connectivity index (χ0) is 15.7. The maximum atomic E-state index is 13.8. The van der Waals surface area contributed by atoms with Gasteiger partial charge in [-0.1, -0.05) is 25.1 Å². The summed E-state index contributed by atoms with van der Waals surface area (Å²) in [6.07, 6.45) is -0.606. The van der Waals surface area contributed by atoms with Crippen LogP contribution in [0, 0.1) is 11.6 Å². The first-order valence-corrected chi connectivity index (χ1v) is 7.18. The number of para-hydroxylation sites is 2. The lowest BCUT2D eigenvalue weighted by atomic mass is 10.1. The minimum atomic E-state index is -1.27. The molecule has 0 fully saturated rings. The molecular formula is C17H16F2N2O. The van der Waals surface area contributed by atoms with Gasteiger partial charge in [0.2, 0.25) is 0 Å². The molecular weight excluding hydrogens is 286 g/mol. The fraction of sp³-hybridized carbons (Fsp3) is 0.235. The van der Waals surface area contributed by atoms with Gasteiger partial charge in [0, 0.05) is 6.42 Å². The average molecular weight is 302 g/mol. The number of fused-ring (bicyclic) bond motifs is 1. The molecule has 0 amide bonds. The SMILES string of the molecule is CCc1nc2ccccc2n1CC(O)c1c(F)cccc1F. The molecule has 3 aromatic rings. The van der Waals surface area contributed by atoms with Crippen LogP contribution in [0.4, 0.5) is 8.78 Å². The molecule has 0 spiro atoms. The van der Waals surface area contributed by atoms with Gasteiger partial charge in [-0.15, -0.1) is 0 Å². The quantitative estimate of drug-likeness (QED) is 0.799. The number of aliphatic hydroxyl groups is 1. The van der Waals surface area contributed by atoms with Gasteiger partial charge in [-0.25, -0.2) is 13.8 Å². The maximum Gasteiger partial charge on any atom is 0.132 e. The minimum Gasteiger partial charge on any atom is -0.386 e. The summed E-state index contributed by atoms with van der Waals surface area (Å²) in [5.41, 5.74) is 1.35. The number of hydrogen-bond donors (Lipinski definition) is 1. The van der Waals surface area contributed by atoms with E-state index in [2.05, 4.69) is 4.98 Å². The number of halogens is 2. The summed E-state index contributed by atoms with van der Waals surface area (Å²) in [6, 6.07) is 11.1. The van der Waals surface area contributed by atoms with Crippen LogP contribution in [-0.2, 0) is 13.0 Å². The first-order chi connectivity index (χ1) is 10.6. The summed E-state index contributed by atoms with van der Waals surface area (Å²) < 4.78 is 29.4. The molecule has 3 nitrogen and oxygen atoms in total. The first-order valence-electron chi connectivity index (χ1n) is 7.18. The number of hydrogen-bond acceptors (Lipinski definition) is 2. The lowest BCUT2D eigenvalue weighted by Crippen LogP contribution is -2.14. The average Bonchev–Trinajstić information content (AvgIpc) is 2.85. The summed E-state index contributed by atoms with van der Waals surface area (Å²) in [4.78, 5) is 4.49. The van der Waals surface area contributed by atoms with Crippen molar-refractivity contribution in [3.05, 3.63) is 65.5 Å². The van der Waals surface area contributed by atoms with Gasteiger partial charge in [-0.05, 0) is 24.3 Å². The minimum absolute atomic E-state index is 0.0571. The fourth-order valence-corrected chi connectivity index (χ4v) is 2.69. The third kappa shape index (κ3) is 2.48. The number of aromatic nitrogens is 2. The summed E-state index contributed by atoms with van der Waals surface area (Å²) in [5.74, 6) is -0.707. The van der Waals surface area contributed by atoms with Crippen molar-refractivity contribution in [1.82, 2.24) is 9.55 Å². The van der Waals surface area contributed by atoms with Crippen LogP contribution in [0.15, 0.2) is 42.5 Å². The maximum absolute atomic E-state index is 13.8. The second-order valence-electron chi connectivity index (χ2n) is 5.13. The van der Waals surface area contributed by atoms with Gasteiger partial charge >= 0.3 is 0 Å². The van der Waals surface area contributed by atoms with Crippen molar-refractivity contribution in [2.24, 2.45) is 0 Å². The molecule has 0 saturated carbocycles. The van der Waals surface area contributed by atoms with Crippen LogP contribution >= 0.6 is 0 Å². The molecule has 2 aromatic carbocycles. The molecule has 1 heterocycles. The summed E-state index contributed by atoms with van der Waals surface area (Å²) in [5, 5.41) is 10.3. The monoisotopic (exact) mass is 302 g/mol. The number of aryl methyl sites for hydroxylation is 1. The Morgan fingerprint density at radius 2 is 1.77 bits per heavy atom. The van der Waals surface area contributed by atoms with Crippen LogP contribution in [0.25, 0.3) is 11.0 Å². The fourth-order valence-electron chi connectivity index (χ4n) is 2.69. The van der Waals surface area contributed by atoms with E-state index in [4.69, 9.17) is 0 Å². The lowest BCUT2D eigenvalue weighted by Gasteiger charge is -2.16. The number of benzene rings is 2. The molecule has 0 aliphatic rings. The number of aliphatic hydroxyl groups excluding tert-OH is 1. The molecule has 0 radical (unpaired) electrons. The summed E-state index contributed by atoms with van der Waals surface area (Å²) >= 11 is 0. The third-order valence-corrected chi connectivity index (χ3v) is 3.74. The molecule has 1 atom stereocenters. The normalized spacial score (nSPS) is 12.7. The second-order valence-corrected chi connectivity index (χ2v) is 5.13. The van der Waals surface area contributed by atoms with Crippen LogP contribution in [0.5, 0.6) is 0 Å². The van der Waals surface area contributed by atoms with E-state index in [1.807, 2.05) is 35.8 Å². The lowest BCUT2D eigenvalue weighted by molar-refractivity contribution is 0.147. The smallest absolute Gasteiger partial charge is 0.132 e. The molecule has 1 unspecified atom stereocenters. The highest BCUT2D eigenvalue weighted by molar-refractivity contribution is 5.75.